The summed E-state index contributed by atoms with van der Waals surface area (Å²) in [6.07, 6.45) is 3.21. The summed E-state index contributed by atoms with van der Waals surface area (Å²) in [6, 6.07) is 11.5. The smallest absolute Gasteiger partial charge is 0.252 e. The molecule has 0 bridgehead atoms. The van der Waals surface area contributed by atoms with Crippen molar-refractivity contribution in [3.63, 3.8) is 0 Å². The van der Waals surface area contributed by atoms with Crippen molar-refractivity contribution in [3.05, 3.63) is 70.5 Å². The molecule has 0 aliphatic carbocycles. The van der Waals surface area contributed by atoms with Gasteiger partial charge in [0.2, 0.25) is 0 Å². The van der Waals surface area contributed by atoms with Crippen LogP contribution in [0.4, 0.5) is 0 Å². The summed E-state index contributed by atoms with van der Waals surface area (Å²) in [5, 5.41) is 4.25. The number of nitrogens with one attached hydrogen (secondary N) is 2. The first-order valence-electron chi connectivity index (χ1n) is 6.39. The van der Waals surface area contributed by atoms with Crippen molar-refractivity contribution in [1.82, 2.24) is 20.3 Å². The lowest BCUT2D eigenvalue weighted by Gasteiger charge is -2.05. The van der Waals surface area contributed by atoms with Crippen molar-refractivity contribution in [3.8, 4) is 0 Å². The van der Waals surface area contributed by atoms with Gasteiger partial charge in [0, 0.05) is 30.4 Å². The van der Waals surface area contributed by atoms with Gasteiger partial charge in [-0.15, -0.1) is 0 Å². The fourth-order valence-electron chi connectivity index (χ4n) is 2.07. The Bertz CT molecular complexity index is 767. The monoisotopic (exact) mass is 266 g/mol. The molecule has 0 amide bonds. The van der Waals surface area contributed by atoms with Crippen molar-refractivity contribution in [2.24, 2.45) is 0 Å². The highest BCUT2D eigenvalue weighted by molar-refractivity contribution is 5.78. The average molecular weight is 266 g/mol. The summed E-state index contributed by atoms with van der Waals surface area (Å²) in [7, 11) is 0. The SMILES string of the molecule is O=c1[nH]c2ccccc2cc1CNCc1ccncn1. The molecule has 5 heteroatoms. The van der Waals surface area contributed by atoms with E-state index in [4.69, 9.17) is 0 Å². The number of rotatable bonds is 4. The molecule has 0 atom stereocenters. The molecule has 0 aliphatic heterocycles. The summed E-state index contributed by atoms with van der Waals surface area (Å²) in [5.74, 6) is 0. The molecule has 0 aliphatic rings. The Morgan fingerprint density at radius 2 is 2.05 bits per heavy atom. The average Bonchev–Trinajstić information content (AvgIpc) is 2.49. The van der Waals surface area contributed by atoms with Crippen LogP contribution in [0.25, 0.3) is 10.9 Å². The molecule has 0 saturated heterocycles. The van der Waals surface area contributed by atoms with Gasteiger partial charge in [-0.3, -0.25) is 4.79 Å². The highest BCUT2D eigenvalue weighted by Gasteiger charge is 2.02. The molecule has 2 N–H and O–H groups in total. The number of fused-ring (bicyclic) bond motifs is 1. The summed E-state index contributed by atoms with van der Waals surface area (Å²) in [5.41, 5.74) is 2.42. The molecule has 3 rings (SSSR count). The molecule has 0 fully saturated rings. The van der Waals surface area contributed by atoms with Crippen LogP contribution >= 0.6 is 0 Å². The third-order valence-corrected chi connectivity index (χ3v) is 3.10. The molecule has 20 heavy (non-hydrogen) atoms. The van der Waals surface area contributed by atoms with E-state index in [-0.39, 0.29) is 5.56 Å². The van der Waals surface area contributed by atoms with Crippen molar-refractivity contribution in [1.29, 1.82) is 0 Å². The third-order valence-electron chi connectivity index (χ3n) is 3.10. The highest BCUT2D eigenvalue weighted by Crippen LogP contribution is 2.09. The lowest BCUT2D eigenvalue weighted by molar-refractivity contribution is 0.673. The number of benzene rings is 1. The topological polar surface area (TPSA) is 70.7 Å². The Balaban J connectivity index is 1.74. The second kappa shape index (κ2) is 5.63. The van der Waals surface area contributed by atoms with Gasteiger partial charge >= 0.3 is 0 Å². The number of hydrogen-bond acceptors (Lipinski definition) is 4. The summed E-state index contributed by atoms with van der Waals surface area (Å²) in [6.45, 7) is 1.11. The van der Waals surface area contributed by atoms with E-state index in [9.17, 15) is 4.79 Å². The van der Waals surface area contributed by atoms with Crippen LogP contribution in [-0.2, 0) is 13.1 Å². The van der Waals surface area contributed by atoms with Crippen LogP contribution in [0, 0.1) is 0 Å². The molecule has 0 unspecified atom stereocenters. The standard InChI is InChI=1S/C15H14N4O/c20-15-12(7-11-3-1-2-4-14(11)19-15)8-17-9-13-5-6-16-10-18-13/h1-7,10,17H,8-9H2,(H,19,20). The second-order valence-corrected chi connectivity index (χ2v) is 4.52. The minimum Gasteiger partial charge on any atom is -0.322 e. The molecule has 100 valence electrons. The van der Waals surface area contributed by atoms with Crippen LogP contribution in [-0.4, -0.2) is 15.0 Å². The van der Waals surface area contributed by atoms with E-state index < -0.39 is 0 Å². The Kier molecular flexibility index (Phi) is 3.52. The van der Waals surface area contributed by atoms with Gasteiger partial charge in [0.1, 0.15) is 6.33 Å². The summed E-state index contributed by atoms with van der Waals surface area (Å²) >= 11 is 0. The number of para-hydroxylation sites is 1. The zero-order valence-corrected chi connectivity index (χ0v) is 10.8. The van der Waals surface area contributed by atoms with Gasteiger partial charge in [-0.2, -0.15) is 0 Å². The van der Waals surface area contributed by atoms with E-state index in [0.29, 0.717) is 13.1 Å². The van der Waals surface area contributed by atoms with E-state index >= 15 is 0 Å². The summed E-state index contributed by atoms with van der Waals surface area (Å²) in [4.78, 5) is 22.8. The van der Waals surface area contributed by atoms with Gasteiger partial charge in [-0.25, -0.2) is 9.97 Å². The number of aromatic nitrogens is 3. The third kappa shape index (κ3) is 2.73. The minimum absolute atomic E-state index is 0.0566. The fourth-order valence-corrected chi connectivity index (χ4v) is 2.07. The van der Waals surface area contributed by atoms with E-state index in [1.54, 1.807) is 6.20 Å². The predicted molar refractivity (Wildman–Crippen MR) is 77.1 cm³/mol. The maximum absolute atomic E-state index is 12.0. The van der Waals surface area contributed by atoms with Crippen molar-refractivity contribution in [2.75, 3.05) is 0 Å². The molecule has 0 saturated carbocycles. The first-order valence-corrected chi connectivity index (χ1v) is 6.39. The largest absolute Gasteiger partial charge is 0.322 e. The first-order chi connectivity index (χ1) is 9.83. The van der Waals surface area contributed by atoms with Crippen LogP contribution in [0.3, 0.4) is 0 Å². The van der Waals surface area contributed by atoms with E-state index in [2.05, 4.69) is 20.3 Å². The maximum atomic E-state index is 12.0. The van der Waals surface area contributed by atoms with E-state index in [1.807, 2.05) is 36.4 Å². The molecule has 0 radical (unpaired) electrons. The number of hydrogen-bond donors (Lipinski definition) is 2. The van der Waals surface area contributed by atoms with Gasteiger partial charge < -0.3 is 10.3 Å². The van der Waals surface area contributed by atoms with Crippen molar-refractivity contribution in [2.45, 2.75) is 13.1 Å². The molecule has 0 spiro atoms. The van der Waals surface area contributed by atoms with Crippen LogP contribution in [0.15, 0.2) is 53.7 Å². The Morgan fingerprint density at radius 1 is 1.15 bits per heavy atom. The maximum Gasteiger partial charge on any atom is 0.252 e. The number of aromatic amines is 1. The zero-order chi connectivity index (χ0) is 13.8. The second-order valence-electron chi connectivity index (χ2n) is 4.52. The predicted octanol–water partition coefficient (Wildman–Crippen LogP) is 1.61. The van der Waals surface area contributed by atoms with E-state index in [0.717, 1.165) is 22.2 Å². The van der Waals surface area contributed by atoms with Gasteiger partial charge in [-0.1, -0.05) is 18.2 Å². The van der Waals surface area contributed by atoms with Crippen LogP contribution in [0.2, 0.25) is 0 Å². The molecular weight excluding hydrogens is 252 g/mol. The fraction of sp³-hybridized carbons (Fsp3) is 0.133. The van der Waals surface area contributed by atoms with E-state index in [1.165, 1.54) is 6.33 Å². The number of nitrogens with zero attached hydrogens (tertiary/aromatic N) is 2. The van der Waals surface area contributed by atoms with Gasteiger partial charge in [-0.05, 0) is 23.6 Å². The molecule has 3 aromatic rings. The van der Waals surface area contributed by atoms with Crippen LogP contribution in [0.1, 0.15) is 11.3 Å². The minimum atomic E-state index is -0.0566. The highest BCUT2D eigenvalue weighted by atomic mass is 16.1. The lowest BCUT2D eigenvalue weighted by Crippen LogP contribution is -2.21. The Labute approximate surface area is 115 Å². The van der Waals surface area contributed by atoms with Crippen LogP contribution in [0.5, 0.6) is 0 Å². The molecule has 1 aromatic carbocycles. The zero-order valence-electron chi connectivity index (χ0n) is 10.8. The number of pyridine rings is 1. The normalized spacial score (nSPS) is 10.8. The number of H-pyrrole nitrogens is 1. The van der Waals surface area contributed by atoms with Gasteiger partial charge in [0.05, 0.1) is 5.69 Å². The molecule has 2 aromatic heterocycles. The Morgan fingerprint density at radius 3 is 2.90 bits per heavy atom. The lowest BCUT2D eigenvalue weighted by atomic mass is 10.1. The molecule has 2 heterocycles. The Hall–Kier alpha value is -2.53. The van der Waals surface area contributed by atoms with Crippen molar-refractivity contribution < 1.29 is 0 Å². The summed E-state index contributed by atoms with van der Waals surface area (Å²) < 4.78 is 0. The quantitative estimate of drug-likeness (QED) is 0.752. The molecular formula is C15H14N4O. The first kappa shape index (κ1) is 12.5. The van der Waals surface area contributed by atoms with Gasteiger partial charge in [0.25, 0.3) is 5.56 Å². The van der Waals surface area contributed by atoms with Gasteiger partial charge in [0.15, 0.2) is 0 Å². The van der Waals surface area contributed by atoms with Crippen molar-refractivity contribution >= 4 is 10.9 Å². The molecule has 5 nitrogen and oxygen atoms in total. The van der Waals surface area contributed by atoms with Crippen LogP contribution < -0.4 is 10.9 Å².